The van der Waals surface area contributed by atoms with E-state index >= 15 is 0 Å². The quantitative estimate of drug-likeness (QED) is 0.793. The summed E-state index contributed by atoms with van der Waals surface area (Å²) in [5, 5.41) is 6.73. The first-order chi connectivity index (χ1) is 7.84. The van der Waals surface area contributed by atoms with Gasteiger partial charge in [-0.1, -0.05) is 11.6 Å². The van der Waals surface area contributed by atoms with Crippen molar-refractivity contribution in [1.29, 1.82) is 0 Å². The van der Waals surface area contributed by atoms with Crippen molar-refractivity contribution in [2.75, 3.05) is 26.2 Å². The Labute approximate surface area is 105 Å². The summed E-state index contributed by atoms with van der Waals surface area (Å²) in [6, 6.07) is 4.01. The largest absolute Gasteiger partial charge is 0.376 e. The molecule has 0 spiro atoms. The molecule has 90 valence electrons. The lowest BCUT2D eigenvalue weighted by Gasteiger charge is -2.23. The van der Waals surface area contributed by atoms with E-state index in [2.05, 4.69) is 16.7 Å². The van der Waals surface area contributed by atoms with Gasteiger partial charge in [-0.25, -0.2) is 0 Å². The molecule has 5 heteroatoms. The number of ether oxygens (including phenoxy) is 1. The molecule has 0 radical (unpaired) electrons. The Kier molecular flexibility index (Phi) is 5.06. The molecule has 1 aliphatic rings. The van der Waals surface area contributed by atoms with Crippen LogP contribution in [0.25, 0.3) is 0 Å². The van der Waals surface area contributed by atoms with Crippen molar-refractivity contribution in [3.05, 3.63) is 21.3 Å². The molecule has 1 saturated heterocycles. The monoisotopic (exact) mass is 260 g/mol. The van der Waals surface area contributed by atoms with E-state index in [4.69, 9.17) is 16.3 Å². The summed E-state index contributed by atoms with van der Waals surface area (Å²) in [5.74, 6) is 0. The van der Waals surface area contributed by atoms with Crippen LogP contribution in [0.2, 0.25) is 4.34 Å². The van der Waals surface area contributed by atoms with Gasteiger partial charge in [0.1, 0.15) is 0 Å². The van der Waals surface area contributed by atoms with Crippen LogP contribution in [0.1, 0.15) is 11.3 Å². The number of thiophene rings is 1. The van der Waals surface area contributed by atoms with Crippen molar-refractivity contribution in [1.82, 2.24) is 10.6 Å². The summed E-state index contributed by atoms with van der Waals surface area (Å²) in [4.78, 5) is 1.28. The second-order valence-corrected chi connectivity index (χ2v) is 5.67. The number of hydrogen-bond acceptors (Lipinski definition) is 4. The molecule has 1 aliphatic heterocycles. The lowest BCUT2D eigenvalue weighted by Crippen LogP contribution is -2.39. The third-order valence-electron chi connectivity index (χ3n) is 2.58. The molecule has 0 saturated carbocycles. The maximum Gasteiger partial charge on any atom is 0.0931 e. The summed E-state index contributed by atoms with van der Waals surface area (Å²) >= 11 is 7.49. The zero-order valence-electron chi connectivity index (χ0n) is 9.17. The Bertz CT molecular complexity index is 313. The van der Waals surface area contributed by atoms with E-state index in [0.717, 1.165) is 43.5 Å². The Morgan fingerprint density at radius 1 is 1.56 bits per heavy atom. The van der Waals surface area contributed by atoms with Crippen LogP contribution in [0, 0.1) is 0 Å². The molecule has 2 N–H and O–H groups in total. The van der Waals surface area contributed by atoms with Gasteiger partial charge in [0.15, 0.2) is 0 Å². The van der Waals surface area contributed by atoms with Crippen LogP contribution in [0.3, 0.4) is 0 Å². The molecule has 0 aromatic carbocycles. The fraction of sp³-hybridized carbons (Fsp3) is 0.636. The number of nitrogens with one attached hydrogen (secondary N) is 2. The van der Waals surface area contributed by atoms with Crippen LogP contribution in [0.5, 0.6) is 0 Å². The number of halogens is 1. The van der Waals surface area contributed by atoms with E-state index < -0.39 is 0 Å². The van der Waals surface area contributed by atoms with Gasteiger partial charge in [0.05, 0.1) is 17.0 Å². The molecular weight excluding hydrogens is 244 g/mol. The van der Waals surface area contributed by atoms with Crippen molar-refractivity contribution in [2.24, 2.45) is 0 Å². The van der Waals surface area contributed by atoms with Crippen LogP contribution >= 0.6 is 22.9 Å². The second kappa shape index (κ2) is 6.57. The molecule has 2 heterocycles. The first-order valence-corrected chi connectivity index (χ1v) is 6.81. The third kappa shape index (κ3) is 4.03. The summed E-state index contributed by atoms with van der Waals surface area (Å²) in [6.07, 6.45) is 1.43. The van der Waals surface area contributed by atoms with E-state index in [1.807, 2.05) is 6.07 Å². The lowest BCUT2D eigenvalue weighted by atomic mass is 10.2. The van der Waals surface area contributed by atoms with E-state index in [0.29, 0.717) is 6.10 Å². The van der Waals surface area contributed by atoms with Crippen LogP contribution < -0.4 is 10.6 Å². The zero-order valence-corrected chi connectivity index (χ0v) is 10.7. The molecule has 0 amide bonds. The van der Waals surface area contributed by atoms with Crippen LogP contribution in [0.4, 0.5) is 0 Å². The molecule has 3 nitrogen and oxygen atoms in total. The summed E-state index contributed by atoms with van der Waals surface area (Å²) in [5.41, 5.74) is 0. The Morgan fingerprint density at radius 2 is 2.50 bits per heavy atom. The van der Waals surface area contributed by atoms with Crippen molar-refractivity contribution in [3.63, 3.8) is 0 Å². The Balaban J connectivity index is 1.57. The highest BCUT2D eigenvalue weighted by atomic mass is 35.5. The van der Waals surface area contributed by atoms with Gasteiger partial charge in [0, 0.05) is 24.5 Å². The van der Waals surface area contributed by atoms with Crippen LogP contribution in [-0.4, -0.2) is 32.3 Å². The van der Waals surface area contributed by atoms with E-state index in [-0.39, 0.29) is 0 Å². The number of morpholine rings is 1. The minimum atomic E-state index is 0.369. The van der Waals surface area contributed by atoms with Gasteiger partial charge in [-0.3, -0.25) is 0 Å². The molecule has 2 rings (SSSR count). The topological polar surface area (TPSA) is 33.3 Å². The molecule has 1 aromatic heterocycles. The number of hydrogen-bond donors (Lipinski definition) is 2. The molecule has 0 aliphatic carbocycles. The second-order valence-electron chi connectivity index (χ2n) is 3.87. The van der Waals surface area contributed by atoms with Gasteiger partial charge in [-0.05, 0) is 25.1 Å². The predicted octanol–water partition coefficient (Wildman–Crippen LogP) is 1.87. The highest BCUT2D eigenvalue weighted by molar-refractivity contribution is 7.16. The maximum atomic E-state index is 5.86. The highest BCUT2D eigenvalue weighted by Gasteiger charge is 2.12. The van der Waals surface area contributed by atoms with E-state index in [9.17, 15) is 0 Å². The fourth-order valence-corrected chi connectivity index (χ4v) is 2.78. The van der Waals surface area contributed by atoms with Crippen molar-refractivity contribution in [2.45, 2.75) is 19.1 Å². The smallest absolute Gasteiger partial charge is 0.0931 e. The average Bonchev–Trinajstić information content (AvgIpc) is 2.72. The third-order valence-corrected chi connectivity index (χ3v) is 3.81. The molecular formula is C11H17ClN2OS. The minimum absolute atomic E-state index is 0.369. The summed E-state index contributed by atoms with van der Waals surface area (Å²) < 4.78 is 6.47. The number of rotatable bonds is 5. The first-order valence-electron chi connectivity index (χ1n) is 5.62. The normalized spacial score (nSPS) is 21.2. The molecule has 1 unspecified atom stereocenters. The van der Waals surface area contributed by atoms with E-state index in [1.165, 1.54) is 4.88 Å². The van der Waals surface area contributed by atoms with Gasteiger partial charge >= 0.3 is 0 Å². The van der Waals surface area contributed by atoms with Gasteiger partial charge in [0.25, 0.3) is 0 Å². The molecule has 0 bridgehead atoms. The van der Waals surface area contributed by atoms with E-state index in [1.54, 1.807) is 11.3 Å². The maximum absolute atomic E-state index is 5.86. The highest BCUT2D eigenvalue weighted by Crippen LogP contribution is 2.20. The van der Waals surface area contributed by atoms with Crippen LogP contribution in [-0.2, 0) is 11.3 Å². The SMILES string of the molecule is Clc1ccc(CNCCC2CNCCO2)s1. The van der Waals surface area contributed by atoms with Gasteiger partial charge in [-0.2, -0.15) is 0 Å². The average molecular weight is 261 g/mol. The van der Waals surface area contributed by atoms with Gasteiger partial charge in [0.2, 0.25) is 0 Å². The molecule has 16 heavy (non-hydrogen) atoms. The van der Waals surface area contributed by atoms with Crippen LogP contribution in [0.15, 0.2) is 12.1 Å². The molecule has 1 fully saturated rings. The minimum Gasteiger partial charge on any atom is -0.376 e. The molecule has 1 aromatic rings. The summed E-state index contributed by atoms with van der Waals surface area (Å²) in [7, 11) is 0. The van der Waals surface area contributed by atoms with Crippen molar-refractivity contribution in [3.8, 4) is 0 Å². The molecule has 1 atom stereocenters. The fourth-order valence-electron chi connectivity index (χ4n) is 1.73. The summed E-state index contributed by atoms with van der Waals surface area (Å²) in [6.45, 7) is 4.69. The lowest BCUT2D eigenvalue weighted by molar-refractivity contribution is 0.0238. The predicted molar refractivity (Wildman–Crippen MR) is 68.3 cm³/mol. The zero-order chi connectivity index (χ0) is 11.2. The Morgan fingerprint density at radius 3 is 3.19 bits per heavy atom. The standard InChI is InChI=1S/C11H17ClN2OS/c12-11-2-1-10(16-11)8-13-4-3-9-7-14-5-6-15-9/h1-2,9,13-14H,3-8H2. The van der Waals surface area contributed by atoms with Gasteiger partial charge < -0.3 is 15.4 Å². The first kappa shape index (κ1) is 12.3. The Hall–Kier alpha value is -0.130. The van der Waals surface area contributed by atoms with Gasteiger partial charge in [-0.15, -0.1) is 11.3 Å². The van der Waals surface area contributed by atoms with Crippen molar-refractivity contribution < 1.29 is 4.74 Å². The van der Waals surface area contributed by atoms with Crippen molar-refractivity contribution >= 4 is 22.9 Å².